The van der Waals surface area contributed by atoms with Crippen LogP contribution >= 0.6 is 0 Å². The molecule has 17 heavy (non-hydrogen) atoms. The van der Waals surface area contributed by atoms with Crippen LogP contribution in [0, 0.1) is 5.41 Å². The summed E-state index contributed by atoms with van der Waals surface area (Å²) >= 11 is 0. The molecule has 0 aliphatic carbocycles. The van der Waals surface area contributed by atoms with E-state index in [1.54, 1.807) is 0 Å². The summed E-state index contributed by atoms with van der Waals surface area (Å²) in [6, 6.07) is 0. The van der Waals surface area contributed by atoms with E-state index in [0.29, 0.717) is 6.42 Å². The normalized spacial score (nSPS) is 25.3. The van der Waals surface area contributed by atoms with Crippen LogP contribution < -0.4 is 0 Å². The Labute approximate surface area is 101 Å². The fourth-order valence-corrected chi connectivity index (χ4v) is 1.54. The molecule has 0 aromatic heterocycles. The molecular weight excluding hydrogens is 224 g/mol. The average Bonchev–Trinajstić information content (AvgIpc) is 2.24. The predicted octanol–water partition coefficient (Wildman–Crippen LogP) is 1.64. The molecule has 1 aliphatic heterocycles. The lowest BCUT2D eigenvalue weighted by Crippen LogP contribution is -2.43. The molecule has 0 saturated carbocycles. The lowest BCUT2D eigenvalue weighted by Gasteiger charge is -2.36. The first-order chi connectivity index (χ1) is 7.82. The van der Waals surface area contributed by atoms with Crippen molar-refractivity contribution in [2.45, 2.75) is 52.4 Å². The van der Waals surface area contributed by atoms with Crippen molar-refractivity contribution in [3.63, 3.8) is 0 Å². The molecule has 1 rings (SSSR count). The molecule has 1 aliphatic rings. The first-order valence-corrected chi connectivity index (χ1v) is 5.74. The third-order valence-electron chi connectivity index (χ3n) is 2.55. The summed E-state index contributed by atoms with van der Waals surface area (Å²) < 4.78 is 15.4. The Hall–Kier alpha value is -1.10. The van der Waals surface area contributed by atoms with Crippen LogP contribution in [0.2, 0.25) is 0 Å². The minimum atomic E-state index is -0.550. The van der Waals surface area contributed by atoms with Crippen LogP contribution in [0.25, 0.3) is 0 Å². The van der Waals surface area contributed by atoms with E-state index in [9.17, 15) is 9.59 Å². The Kier molecular flexibility index (Phi) is 4.51. The van der Waals surface area contributed by atoms with Crippen molar-refractivity contribution in [2.75, 3.05) is 7.11 Å². The Balaban J connectivity index is 2.51. The maximum atomic E-state index is 11.4. The SMILES string of the molecule is COC(=O)CCC1CC(=O)OC(C(C)(C)C)O1. The summed E-state index contributed by atoms with van der Waals surface area (Å²) in [5, 5.41) is 0. The quantitative estimate of drug-likeness (QED) is 0.706. The first kappa shape index (κ1) is 14.0. The summed E-state index contributed by atoms with van der Waals surface area (Å²) in [5.74, 6) is -0.564. The second-order valence-corrected chi connectivity index (χ2v) is 5.26. The maximum Gasteiger partial charge on any atom is 0.310 e. The van der Waals surface area contributed by atoms with Gasteiger partial charge in [-0.1, -0.05) is 20.8 Å². The minimum absolute atomic E-state index is 0.198. The molecule has 0 bridgehead atoms. The summed E-state index contributed by atoms with van der Waals surface area (Å²) in [5.41, 5.74) is -0.264. The molecule has 2 atom stereocenters. The standard InChI is InChI=1S/C12H20O5/c1-12(2,3)11-16-8(7-10(14)17-11)5-6-9(13)15-4/h8,11H,5-7H2,1-4H3. The number of ether oxygens (including phenoxy) is 3. The van der Waals surface area contributed by atoms with Gasteiger partial charge in [0, 0.05) is 11.8 Å². The van der Waals surface area contributed by atoms with E-state index in [1.807, 2.05) is 20.8 Å². The van der Waals surface area contributed by atoms with E-state index in [1.165, 1.54) is 7.11 Å². The molecule has 0 aromatic rings. The highest BCUT2D eigenvalue weighted by molar-refractivity contribution is 5.71. The van der Waals surface area contributed by atoms with Crippen LogP contribution in [-0.4, -0.2) is 31.4 Å². The van der Waals surface area contributed by atoms with Crippen LogP contribution in [-0.2, 0) is 23.8 Å². The summed E-state index contributed by atoms with van der Waals surface area (Å²) in [6.07, 6.45) is 0.120. The molecule has 1 heterocycles. The number of methoxy groups -OCH3 is 1. The van der Waals surface area contributed by atoms with E-state index in [4.69, 9.17) is 9.47 Å². The molecule has 0 aromatic carbocycles. The summed E-state index contributed by atoms with van der Waals surface area (Å²) in [6.45, 7) is 5.81. The van der Waals surface area contributed by atoms with Gasteiger partial charge < -0.3 is 14.2 Å². The van der Waals surface area contributed by atoms with Crippen molar-refractivity contribution in [1.29, 1.82) is 0 Å². The van der Waals surface area contributed by atoms with Gasteiger partial charge in [-0.2, -0.15) is 0 Å². The molecule has 5 nitrogen and oxygen atoms in total. The van der Waals surface area contributed by atoms with Crippen molar-refractivity contribution >= 4 is 11.9 Å². The van der Waals surface area contributed by atoms with Gasteiger partial charge in [-0.15, -0.1) is 0 Å². The second kappa shape index (κ2) is 5.49. The average molecular weight is 244 g/mol. The number of esters is 2. The van der Waals surface area contributed by atoms with Crippen LogP contribution in [0.1, 0.15) is 40.0 Å². The Morgan fingerprint density at radius 2 is 2.12 bits per heavy atom. The molecular formula is C12H20O5. The van der Waals surface area contributed by atoms with Crippen LogP contribution in [0.4, 0.5) is 0 Å². The molecule has 98 valence electrons. The fourth-order valence-electron chi connectivity index (χ4n) is 1.54. The van der Waals surface area contributed by atoms with Gasteiger partial charge in [0.15, 0.2) is 0 Å². The number of carbonyl (C=O) groups excluding carboxylic acids is 2. The van der Waals surface area contributed by atoms with E-state index >= 15 is 0 Å². The Morgan fingerprint density at radius 3 is 2.65 bits per heavy atom. The zero-order valence-corrected chi connectivity index (χ0v) is 10.8. The first-order valence-electron chi connectivity index (χ1n) is 5.74. The third-order valence-corrected chi connectivity index (χ3v) is 2.55. The second-order valence-electron chi connectivity index (χ2n) is 5.26. The molecule has 0 N–H and O–H groups in total. The van der Waals surface area contributed by atoms with E-state index in [2.05, 4.69) is 4.74 Å². The number of rotatable bonds is 3. The van der Waals surface area contributed by atoms with Gasteiger partial charge in [-0.05, 0) is 6.42 Å². The molecule has 5 heteroatoms. The van der Waals surface area contributed by atoms with Crippen LogP contribution in [0.5, 0.6) is 0 Å². The minimum Gasteiger partial charge on any atom is -0.469 e. The molecule has 0 radical (unpaired) electrons. The van der Waals surface area contributed by atoms with E-state index < -0.39 is 6.29 Å². The number of cyclic esters (lactones) is 1. The number of hydrogen-bond donors (Lipinski definition) is 0. The van der Waals surface area contributed by atoms with Gasteiger partial charge >= 0.3 is 11.9 Å². The lowest BCUT2D eigenvalue weighted by atomic mass is 9.94. The molecule has 0 spiro atoms. The molecule has 0 amide bonds. The number of carbonyl (C=O) groups is 2. The highest BCUT2D eigenvalue weighted by Gasteiger charge is 2.36. The molecule has 1 saturated heterocycles. The van der Waals surface area contributed by atoms with Crippen molar-refractivity contribution in [3.05, 3.63) is 0 Å². The van der Waals surface area contributed by atoms with Gasteiger partial charge in [-0.25, -0.2) is 0 Å². The van der Waals surface area contributed by atoms with Gasteiger partial charge in [0.05, 0.1) is 19.6 Å². The van der Waals surface area contributed by atoms with Crippen molar-refractivity contribution < 1.29 is 23.8 Å². The third kappa shape index (κ3) is 4.34. The van der Waals surface area contributed by atoms with E-state index in [0.717, 1.165) is 0 Å². The fraction of sp³-hybridized carbons (Fsp3) is 0.833. The summed E-state index contributed by atoms with van der Waals surface area (Å²) in [4.78, 5) is 22.4. The molecule has 2 unspecified atom stereocenters. The van der Waals surface area contributed by atoms with Crippen LogP contribution in [0.15, 0.2) is 0 Å². The monoisotopic (exact) mass is 244 g/mol. The smallest absolute Gasteiger partial charge is 0.310 e. The lowest BCUT2D eigenvalue weighted by molar-refractivity contribution is -0.244. The maximum absolute atomic E-state index is 11.4. The predicted molar refractivity (Wildman–Crippen MR) is 60.1 cm³/mol. The van der Waals surface area contributed by atoms with Crippen molar-refractivity contribution in [3.8, 4) is 0 Å². The van der Waals surface area contributed by atoms with Gasteiger partial charge in [0.1, 0.15) is 0 Å². The van der Waals surface area contributed by atoms with E-state index in [-0.39, 0.29) is 36.3 Å². The topological polar surface area (TPSA) is 61.8 Å². The van der Waals surface area contributed by atoms with Gasteiger partial charge in [0.25, 0.3) is 0 Å². The Bertz CT molecular complexity index is 292. The zero-order chi connectivity index (χ0) is 13.1. The van der Waals surface area contributed by atoms with Gasteiger partial charge in [0.2, 0.25) is 6.29 Å². The number of hydrogen-bond acceptors (Lipinski definition) is 5. The van der Waals surface area contributed by atoms with Gasteiger partial charge in [-0.3, -0.25) is 9.59 Å². The van der Waals surface area contributed by atoms with Crippen molar-refractivity contribution in [1.82, 2.24) is 0 Å². The largest absolute Gasteiger partial charge is 0.469 e. The highest BCUT2D eigenvalue weighted by Crippen LogP contribution is 2.30. The van der Waals surface area contributed by atoms with Crippen molar-refractivity contribution in [2.24, 2.45) is 5.41 Å². The zero-order valence-electron chi connectivity index (χ0n) is 10.8. The highest BCUT2D eigenvalue weighted by atomic mass is 16.7. The molecule has 1 fully saturated rings. The Morgan fingerprint density at radius 1 is 1.47 bits per heavy atom. The van der Waals surface area contributed by atoms with Crippen LogP contribution in [0.3, 0.4) is 0 Å². The summed E-state index contributed by atoms with van der Waals surface area (Å²) in [7, 11) is 1.34.